The fourth-order valence-corrected chi connectivity index (χ4v) is 1.79. The number of nitrogens with one attached hydrogen (secondary N) is 1. The summed E-state index contributed by atoms with van der Waals surface area (Å²) in [5.74, 6) is 2.49. The largest absolute Gasteiger partial charge is 0.353 e. The molecule has 3 N–H and O–H groups in total. The Morgan fingerprint density at radius 3 is 2.47 bits per heavy atom. The molecule has 15 heavy (non-hydrogen) atoms. The number of thioether (sulfide) groups is 1. The molecule has 0 spiro atoms. The van der Waals surface area contributed by atoms with Gasteiger partial charge >= 0.3 is 0 Å². The van der Waals surface area contributed by atoms with Gasteiger partial charge in [0, 0.05) is 24.3 Å². The van der Waals surface area contributed by atoms with Crippen LogP contribution < -0.4 is 11.1 Å². The molecule has 2 atom stereocenters. The van der Waals surface area contributed by atoms with Crippen molar-refractivity contribution in [2.24, 2.45) is 11.7 Å². The number of hydrogen-bond acceptors (Lipinski definition) is 3. The minimum Gasteiger partial charge on any atom is -0.353 e. The van der Waals surface area contributed by atoms with Crippen molar-refractivity contribution in [2.75, 3.05) is 11.5 Å². The van der Waals surface area contributed by atoms with Crippen molar-refractivity contribution in [2.45, 2.75) is 46.2 Å². The maximum atomic E-state index is 11.5. The summed E-state index contributed by atoms with van der Waals surface area (Å²) in [5, 5.41) is 2.96. The first-order valence-corrected chi connectivity index (χ1v) is 6.75. The molecule has 0 fully saturated rings. The van der Waals surface area contributed by atoms with Gasteiger partial charge < -0.3 is 11.1 Å². The summed E-state index contributed by atoms with van der Waals surface area (Å²) in [7, 11) is 0. The fourth-order valence-electron chi connectivity index (χ4n) is 1.12. The van der Waals surface area contributed by atoms with Crippen molar-refractivity contribution >= 4 is 17.7 Å². The Bertz CT molecular complexity index is 185. The van der Waals surface area contributed by atoms with Crippen LogP contribution in [0.15, 0.2) is 0 Å². The topological polar surface area (TPSA) is 55.1 Å². The zero-order valence-electron chi connectivity index (χ0n) is 10.2. The minimum absolute atomic E-state index is 0.0315. The molecule has 0 aromatic carbocycles. The molecule has 1 amide bonds. The zero-order valence-corrected chi connectivity index (χ0v) is 11.1. The van der Waals surface area contributed by atoms with Crippen LogP contribution in [0.5, 0.6) is 0 Å². The van der Waals surface area contributed by atoms with Gasteiger partial charge in [-0.05, 0) is 18.6 Å². The Morgan fingerprint density at radius 2 is 2.00 bits per heavy atom. The molecule has 0 bridgehead atoms. The predicted molar refractivity (Wildman–Crippen MR) is 68.0 cm³/mol. The lowest BCUT2D eigenvalue weighted by atomic mass is 10.0. The molecule has 0 aliphatic carbocycles. The highest BCUT2D eigenvalue weighted by atomic mass is 32.2. The standard InChI is InChI=1S/C11H24N2OS/c1-5-15-7-9(4)13-11(14)6-10(12)8(2)3/h8-10H,5-7,12H2,1-4H3,(H,13,14). The Balaban J connectivity index is 3.73. The Labute approximate surface area is 97.6 Å². The lowest BCUT2D eigenvalue weighted by molar-refractivity contribution is -0.122. The van der Waals surface area contributed by atoms with E-state index >= 15 is 0 Å². The van der Waals surface area contributed by atoms with Crippen LogP contribution in [0.4, 0.5) is 0 Å². The van der Waals surface area contributed by atoms with Crippen molar-refractivity contribution in [3.05, 3.63) is 0 Å². The molecule has 3 nitrogen and oxygen atoms in total. The van der Waals surface area contributed by atoms with Crippen molar-refractivity contribution in [1.29, 1.82) is 0 Å². The van der Waals surface area contributed by atoms with Crippen LogP contribution in [0.1, 0.15) is 34.1 Å². The summed E-state index contributed by atoms with van der Waals surface area (Å²) in [6, 6.07) is 0.206. The van der Waals surface area contributed by atoms with Crippen LogP contribution in [0, 0.1) is 5.92 Å². The monoisotopic (exact) mass is 232 g/mol. The second kappa shape index (κ2) is 7.99. The molecular weight excluding hydrogens is 208 g/mol. The second-order valence-electron chi connectivity index (χ2n) is 4.24. The van der Waals surface area contributed by atoms with Gasteiger partial charge in [0.05, 0.1) is 0 Å². The number of hydrogen-bond donors (Lipinski definition) is 2. The van der Waals surface area contributed by atoms with E-state index in [9.17, 15) is 4.79 Å². The molecule has 4 heteroatoms. The van der Waals surface area contributed by atoms with Crippen LogP contribution in [0.2, 0.25) is 0 Å². The van der Waals surface area contributed by atoms with E-state index < -0.39 is 0 Å². The highest BCUT2D eigenvalue weighted by Gasteiger charge is 2.14. The van der Waals surface area contributed by atoms with Crippen LogP contribution >= 0.6 is 11.8 Å². The van der Waals surface area contributed by atoms with E-state index in [4.69, 9.17) is 5.73 Å². The van der Waals surface area contributed by atoms with Crippen molar-refractivity contribution < 1.29 is 4.79 Å². The highest BCUT2D eigenvalue weighted by molar-refractivity contribution is 7.99. The van der Waals surface area contributed by atoms with E-state index in [0.29, 0.717) is 12.3 Å². The predicted octanol–water partition coefficient (Wildman–Crippen LogP) is 1.62. The maximum Gasteiger partial charge on any atom is 0.221 e. The first-order valence-electron chi connectivity index (χ1n) is 5.60. The molecule has 90 valence electrons. The third kappa shape index (κ3) is 7.68. The van der Waals surface area contributed by atoms with E-state index in [1.807, 2.05) is 32.5 Å². The van der Waals surface area contributed by atoms with Crippen LogP contribution in [-0.2, 0) is 4.79 Å². The van der Waals surface area contributed by atoms with E-state index in [1.165, 1.54) is 0 Å². The first-order chi connectivity index (χ1) is 6.97. The SMILES string of the molecule is CCSCC(C)NC(=O)CC(N)C(C)C. The average Bonchev–Trinajstić information content (AvgIpc) is 2.14. The summed E-state index contributed by atoms with van der Waals surface area (Å²) >= 11 is 1.84. The van der Waals surface area contributed by atoms with Crippen LogP contribution in [-0.4, -0.2) is 29.5 Å². The zero-order chi connectivity index (χ0) is 11.8. The molecule has 0 saturated carbocycles. The van der Waals surface area contributed by atoms with Gasteiger partial charge in [-0.15, -0.1) is 0 Å². The van der Waals surface area contributed by atoms with Crippen molar-refractivity contribution in [3.8, 4) is 0 Å². The summed E-state index contributed by atoms with van der Waals surface area (Å²) in [4.78, 5) is 11.5. The fraction of sp³-hybridized carbons (Fsp3) is 0.909. The van der Waals surface area contributed by atoms with Crippen molar-refractivity contribution in [3.63, 3.8) is 0 Å². The Kier molecular flexibility index (Phi) is 7.88. The Hall–Kier alpha value is -0.220. The lowest BCUT2D eigenvalue weighted by Crippen LogP contribution is -2.39. The quantitative estimate of drug-likeness (QED) is 0.701. The third-order valence-electron chi connectivity index (χ3n) is 2.26. The van der Waals surface area contributed by atoms with Gasteiger partial charge in [-0.3, -0.25) is 4.79 Å². The van der Waals surface area contributed by atoms with Gasteiger partial charge in [-0.2, -0.15) is 11.8 Å². The molecule has 0 rings (SSSR count). The molecule has 2 unspecified atom stereocenters. The van der Waals surface area contributed by atoms with Gasteiger partial charge in [0.2, 0.25) is 5.91 Å². The Morgan fingerprint density at radius 1 is 1.40 bits per heavy atom. The molecule has 0 aliphatic heterocycles. The second-order valence-corrected chi connectivity index (χ2v) is 5.56. The van der Waals surface area contributed by atoms with E-state index in [2.05, 4.69) is 12.2 Å². The van der Waals surface area contributed by atoms with Crippen molar-refractivity contribution in [1.82, 2.24) is 5.32 Å². The maximum absolute atomic E-state index is 11.5. The number of nitrogens with two attached hydrogens (primary N) is 1. The van der Waals surface area contributed by atoms with Gasteiger partial charge in [0.15, 0.2) is 0 Å². The normalized spacial score (nSPS) is 15.1. The van der Waals surface area contributed by atoms with Gasteiger partial charge in [-0.25, -0.2) is 0 Å². The molecule has 0 saturated heterocycles. The number of rotatable bonds is 7. The van der Waals surface area contributed by atoms with Crippen LogP contribution in [0.25, 0.3) is 0 Å². The van der Waals surface area contributed by atoms with E-state index in [0.717, 1.165) is 11.5 Å². The number of carbonyl (C=O) groups excluding carboxylic acids is 1. The van der Waals surface area contributed by atoms with Gasteiger partial charge in [0.1, 0.15) is 0 Å². The number of carbonyl (C=O) groups is 1. The lowest BCUT2D eigenvalue weighted by Gasteiger charge is -2.17. The summed E-state index contributed by atoms with van der Waals surface area (Å²) in [6.07, 6.45) is 0.429. The summed E-state index contributed by atoms with van der Waals surface area (Å²) < 4.78 is 0. The smallest absolute Gasteiger partial charge is 0.221 e. The minimum atomic E-state index is -0.0315. The first kappa shape index (κ1) is 14.8. The van der Waals surface area contributed by atoms with E-state index in [-0.39, 0.29) is 18.0 Å². The molecule has 0 aliphatic rings. The summed E-state index contributed by atoms with van der Waals surface area (Å²) in [5.41, 5.74) is 5.83. The molecule has 0 aromatic heterocycles. The molecule has 0 aromatic rings. The van der Waals surface area contributed by atoms with E-state index in [1.54, 1.807) is 0 Å². The van der Waals surface area contributed by atoms with Crippen LogP contribution in [0.3, 0.4) is 0 Å². The number of amides is 1. The molecular formula is C11H24N2OS. The summed E-state index contributed by atoms with van der Waals surface area (Å²) in [6.45, 7) is 8.22. The van der Waals surface area contributed by atoms with Gasteiger partial charge in [0.25, 0.3) is 0 Å². The molecule has 0 radical (unpaired) electrons. The molecule has 0 heterocycles. The van der Waals surface area contributed by atoms with Gasteiger partial charge in [-0.1, -0.05) is 20.8 Å². The average molecular weight is 232 g/mol. The highest BCUT2D eigenvalue weighted by Crippen LogP contribution is 2.04. The third-order valence-corrected chi connectivity index (χ3v) is 3.40.